The Morgan fingerprint density at radius 2 is 1.97 bits per heavy atom. The van der Waals surface area contributed by atoms with Crippen LogP contribution in [0.2, 0.25) is 0 Å². The summed E-state index contributed by atoms with van der Waals surface area (Å²) >= 11 is 0. The molecule has 0 atom stereocenters. The average Bonchev–Trinajstić information content (AvgIpc) is 3.15. The van der Waals surface area contributed by atoms with E-state index in [-0.39, 0.29) is 5.91 Å². The van der Waals surface area contributed by atoms with Crippen molar-refractivity contribution in [2.75, 3.05) is 37.7 Å². The summed E-state index contributed by atoms with van der Waals surface area (Å²) in [7, 11) is 0. The van der Waals surface area contributed by atoms with Crippen LogP contribution in [-0.2, 0) is 17.7 Å². The highest BCUT2D eigenvalue weighted by Gasteiger charge is 2.24. The molecular formula is C21H24N6O2. The minimum atomic E-state index is -0.0635. The van der Waals surface area contributed by atoms with E-state index in [4.69, 9.17) is 9.84 Å². The lowest BCUT2D eigenvalue weighted by atomic mass is 10.0. The van der Waals surface area contributed by atoms with Crippen molar-refractivity contribution in [3.05, 3.63) is 52.6 Å². The molecule has 0 saturated carbocycles. The number of fused-ring (bicyclic) bond motifs is 2. The number of hydrogen-bond acceptors (Lipinski definition) is 6. The van der Waals surface area contributed by atoms with Gasteiger partial charge in [-0.15, -0.1) is 5.10 Å². The van der Waals surface area contributed by atoms with Gasteiger partial charge in [-0.3, -0.25) is 9.78 Å². The van der Waals surface area contributed by atoms with Crippen LogP contribution in [0.4, 0.5) is 5.82 Å². The van der Waals surface area contributed by atoms with Gasteiger partial charge in [0.25, 0.3) is 5.91 Å². The zero-order valence-electron chi connectivity index (χ0n) is 16.8. The van der Waals surface area contributed by atoms with Crippen LogP contribution in [0.25, 0.3) is 5.65 Å². The SMILES string of the molecule is Cc1cnc2c(c1)CN(c1nn3cc(C(=O)N4CCOCC4)nc3cc1C)CC2. The number of rotatable bonds is 2. The lowest BCUT2D eigenvalue weighted by Crippen LogP contribution is -2.40. The van der Waals surface area contributed by atoms with Crippen molar-refractivity contribution >= 4 is 17.4 Å². The van der Waals surface area contributed by atoms with Gasteiger partial charge < -0.3 is 14.5 Å². The van der Waals surface area contributed by atoms with Gasteiger partial charge in [-0.1, -0.05) is 6.07 Å². The topological polar surface area (TPSA) is 75.9 Å². The van der Waals surface area contributed by atoms with Gasteiger partial charge in [0.15, 0.2) is 11.5 Å². The van der Waals surface area contributed by atoms with Crippen LogP contribution in [0.15, 0.2) is 24.5 Å². The number of hydrogen-bond donors (Lipinski definition) is 0. The Kier molecular flexibility index (Phi) is 4.43. The van der Waals surface area contributed by atoms with Gasteiger partial charge in [0, 0.05) is 44.5 Å². The monoisotopic (exact) mass is 392 g/mol. The normalized spacial score (nSPS) is 16.9. The number of carbonyl (C=O) groups is 1. The van der Waals surface area contributed by atoms with Gasteiger partial charge in [0.05, 0.1) is 19.4 Å². The maximum atomic E-state index is 12.8. The maximum Gasteiger partial charge on any atom is 0.274 e. The molecule has 1 saturated heterocycles. The zero-order valence-corrected chi connectivity index (χ0v) is 16.8. The molecule has 3 aromatic rings. The first-order chi connectivity index (χ1) is 14.1. The highest BCUT2D eigenvalue weighted by molar-refractivity contribution is 5.93. The Morgan fingerprint density at radius 1 is 1.14 bits per heavy atom. The largest absolute Gasteiger partial charge is 0.378 e. The van der Waals surface area contributed by atoms with Gasteiger partial charge in [-0.25, -0.2) is 9.50 Å². The van der Waals surface area contributed by atoms with Gasteiger partial charge in [0.1, 0.15) is 5.69 Å². The first-order valence-corrected chi connectivity index (χ1v) is 10.0. The molecule has 2 aliphatic rings. The number of aryl methyl sites for hydroxylation is 2. The summed E-state index contributed by atoms with van der Waals surface area (Å²) in [6.45, 7) is 8.13. The highest BCUT2D eigenvalue weighted by atomic mass is 16.5. The second-order valence-corrected chi connectivity index (χ2v) is 7.77. The number of carbonyl (C=O) groups excluding carboxylic acids is 1. The molecule has 0 bridgehead atoms. The summed E-state index contributed by atoms with van der Waals surface area (Å²) in [5.74, 6) is 0.860. The minimum absolute atomic E-state index is 0.0635. The molecule has 0 aromatic carbocycles. The molecule has 1 fully saturated rings. The second-order valence-electron chi connectivity index (χ2n) is 7.77. The molecule has 0 radical (unpaired) electrons. The number of aromatic nitrogens is 4. The zero-order chi connectivity index (χ0) is 20.0. The van der Waals surface area contributed by atoms with Crippen LogP contribution in [-0.4, -0.2) is 63.2 Å². The van der Waals surface area contributed by atoms with Gasteiger partial charge in [-0.2, -0.15) is 0 Å². The van der Waals surface area contributed by atoms with Crippen LogP contribution < -0.4 is 4.90 Å². The number of amides is 1. The van der Waals surface area contributed by atoms with E-state index in [1.54, 1.807) is 15.6 Å². The quantitative estimate of drug-likeness (QED) is 0.662. The average molecular weight is 392 g/mol. The number of ether oxygens (including phenoxy) is 1. The van der Waals surface area contributed by atoms with E-state index < -0.39 is 0 Å². The number of pyridine rings is 1. The molecule has 150 valence electrons. The summed E-state index contributed by atoms with van der Waals surface area (Å²) in [6.07, 6.45) is 4.57. The van der Waals surface area contributed by atoms with Crippen LogP contribution in [0.1, 0.15) is 32.9 Å². The second kappa shape index (κ2) is 7.11. The van der Waals surface area contributed by atoms with Crippen LogP contribution in [0.5, 0.6) is 0 Å². The summed E-state index contributed by atoms with van der Waals surface area (Å²) < 4.78 is 7.06. The Hall–Kier alpha value is -3.00. The van der Waals surface area contributed by atoms with Crippen LogP contribution >= 0.6 is 0 Å². The molecule has 29 heavy (non-hydrogen) atoms. The summed E-state index contributed by atoms with van der Waals surface area (Å²) in [4.78, 5) is 25.9. The molecule has 0 spiro atoms. The fourth-order valence-electron chi connectivity index (χ4n) is 4.07. The summed E-state index contributed by atoms with van der Waals surface area (Å²) in [6, 6.07) is 4.21. The van der Waals surface area contributed by atoms with E-state index in [2.05, 4.69) is 27.9 Å². The lowest BCUT2D eigenvalue weighted by Gasteiger charge is -2.30. The molecule has 3 aromatic heterocycles. The first kappa shape index (κ1) is 18.1. The molecule has 1 amide bonds. The summed E-state index contributed by atoms with van der Waals surface area (Å²) in [5, 5.41) is 4.81. The van der Waals surface area contributed by atoms with Crippen molar-refractivity contribution < 1.29 is 9.53 Å². The van der Waals surface area contributed by atoms with Crippen molar-refractivity contribution in [2.45, 2.75) is 26.8 Å². The van der Waals surface area contributed by atoms with E-state index in [0.717, 1.165) is 30.9 Å². The predicted molar refractivity (Wildman–Crippen MR) is 108 cm³/mol. The van der Waals surface area contributed by atoms with E-state index in [9.17, 15) is 4.79 Å². The lowest BCUT2D eigenvalue weighted by molar-refractivity contribution is 0.0299. The fraction of sp³-hybridized carbons (Fsp3) is 0.429. The van der Waals surface area contributed by atoms with Crippen molar-refractivity contribution in [3.8, 4) is 0 Å². The number of morpholine rings is 1. The molecule has 8 heteroatoms. The smallest absolute Gasteiger partial charge is 0.274 e. The molecule has 0 unspecified atom stereocenters. The molecule has 8 nitrogen and oxygen atoms in total. The first-order valence-electron chi connectivity index (χ1n) is 10.0. The predicted octanol–water partition coefficient (Wildman–Crippen LogP) is 1.78. The Morgan fingerprint density at radius 3 is 2.79 bits per heavy atom. The van der Waals surface area contributed by atoms with Gasteiger partial charge in [-0.05, 0) is 36.6 Å². The van der Waals surface area contributed by atoms with Gasteiger partial charge in [0.2, 0.25) is 0 Å². The minimum Gasteiger partial charge on any atom is -0.378 e. The third-order valence-electron chi connectivity index (χ3n) is 5.61. The van der Waals surface area contributed by atoms with E-state index in [1.165, 1.54) is 16.8 Å². The molecule has 2 aliphatic heterocycles. The molecule has 0 aliphatic carbocycles. The number of nitrogens with zero attached hydrogens (tertiary/aromatic N) is 6. The number of imidazole rings is 1. The Bertz CT molecular complexity index is 1090. The van der Waals surface area contributed by atoms with Crippen molar-refractivity contribution in [3.63, 3.8) is 0 Å². The molecule has 0 N–H and O–H groups in total. The molecular weight excluding hydrogens is 368 g/mol. The van der Waals surface area contributed by atoms with Crippen molar-refractivity contribution in [1.29, 1.82) is 0 Å². The van der Waals surface area contributed by atoms with E-state index >= 15 is 0 Å². The standard InChI is InChI=1S/C21H24N6O2/c1-14-9-16-12-26(4-3-17(16)22-11-14)20-15(2)10-19-23-18(13-27(19)24-20)21(28)25-5-7-29-8-6-25/h9-11,13H,3-8,12H2,1-2H3. The van der Waals surface area contributed by atoms with E-state index in [1.807, 2.05) is 19.2 Å². The van der Waals surface area contributed by atoms with Crippen molar-refractivity contribution in [1.82, 2.24) is 24.5 Å². The van der Waals surface area contributed by atoms with Crippen LogP contribution in [0.3, 0.4) is 0 Å². The van der Waals surface area contributed by atoms with E-state index in [0.29, 0.717) is 37.6 Å². The third kappa shape index (κ3) is 3.33. The number of anilines is 1. The maximum absolute atomic E-state index is 12.8. The Balaban J connectivity index is 1.45. The highest BCUT2D eigenvalue weighted by Crippen LogP contribution is 2.26. The van der Waals surface area contributed by atoms with Crippen molar-refractivity contribution in [2.24, 2.45) is 0 Å². The molecule has 5 heterocycles. The van der Waals surface area contributed by atoms with Gasteiger partial charge >= 0.3 is 0 Å². The third-order valence-corrected chi connectivity index (χ3v) is 5.61. The summed E-state index contributed by atoms with van der Waals surface area (Å²) in [5.41, 5.74) is 5.78. The fourth-order valence-corrected chi connectivity index (χ4v) is 4.07. The van der Waals surface area contributed by atoms with Crippen LogP contribution in [0, 0.1) is 13.8 Å². The Labute approximate surface area is 169 Å². The molecule has 5 rings (SSSR count).